The summed E-state index contributed by atoms with van der Waals surface area (Å²) in [7, 11) is 3.52. The summed E-state index contributed by atoms with van der Waals surface area (Å²) in [6.45, 7) is 0.499. The standard InChI is InChI=1S/C12H16N4O/c1-16-12(14-8-15-16)11(7-13)9-3-5-10(17-2)6-4-9/h3-6,8,11H,7,13H2,1-2H3. The third kappa shape index (κ3) is 2.29. The van der Waals surface area contributed by atoms with Crippen LogP contribution in [0.5, 0.6) is 5.75 Å². The van der Waals surface area contributed by atoms with E-state index in [-0.39, 0.29) is 5.92 Å². The Morgan fingerprint density at radius 3 is 2.53 bits per heavy atom. The molecule has 0 aliphatic heterocycles. The van der Waals surface area contributed by atoms with Crippen LogP contribution in [-0.4, -0.2) is 28.4 Å². The molecular formula is C12H16N4O. The van der Waals surface area contributed by atoms with Crippen LogP contribution in [0.4, 0.5) is 0 Å². The zero-order valence-corrected chi connectivity index (χ0v) is 10.00. The van der Waals surface area contributed by atoms with Gasteiger partial charge < -0.3 is 10.5 Å². The van der Waals surface area contributed by atoms with Crippen molar-refractivity contribution < 1.29 is 4.74 Å². The van der Waals surface area contributed by atoms with E-state index in [4.69, 9.17) is 10.5 Å². The maximum atomic E-state index is 5.82. The van der Waals surface area contributed by atoms with Crippen molar-refractivity contribution in [1.82, 2.24) is 14.8 Å². The van der Waals surface area contributed by atoms with E-state index in [1.165, 1.54) is 0 Å². The summed E-state index contributed by atoms with van der Waals surface area (Å²) in [6.07, 6.45) is 1.54. The minimum absolute atomic E-state index is 0.0633. The van der Waals surface area contributed by atoms with Crippen molar-refractivity contribution in [1.29, 1.82) is 0 Å². The lowest BCUT2D eigenvalue weighted by Gasteiger charge is -2.14. The lowest BCUT2D eigenvalue weighted by Crippen LogP contribution is -2.18. The third-order valence-corrected chi connectivity index (χ3v) is 2.81. The SMILES string of the molecule is COc1ccc(C(CN)c2ncnn2C)cc1. The lowest BCUT2D eigenvalue weighted by atomic mass is 9.98. The van der Waals surface area contributed by atoms with Crippen molar-refractivity contribution in [3.05, 3.63) is 42.0 Å². The van der Waals surface area contributed by atoms with Gasteiger partial charge in [-0.3, -0.25) is 4.68 Å². The van der Waals surface area contributed by atoms with E-state index in [0.29, 0.717) is 6.54 Å². The van der Waals surface area contributed by atoms with Crippen molar-refractivity contribution in [3.63, 3.8) is 0 Å². The van der Waals surface area contributed by atoms with Gasteiger partial charge in [-0.05, 0) is 17.7 Å². The Kier molecular flexibility index (Phi) is 3.39. The van der Waals surface area contributed by atoms with Gasteiger partial charge in [-0.15, -0.1) is 0 Å². The summed E-state index contributed by atoms with van der Waals surface area (Å²) in [4.78, 5) is 4.25. The van der Waals surface area contributed by atoms with Crippen molar-refractivity contribution in [2.24, 2.45) is 12.8 Å². The second-order valence-corrected chi connectivity index (χ2v) is 3.80. The molecule has 90 valence electrons. The summed E-state index contributed by atoms with van der Waals surface area (Å²) in [6, 6.07) is 7.86. The molecule has 5 heteroatoms. The monoisotopic (exact) mass is 232 g/mol. The summed E-state index contributed by atoms with van der Waals surface area (Å²) < 4.78 is 6.88. The number of aromatic nitrogens is 3. The van der Waals surface area contributed by atoms with Crippen LogP contribution in [0, 0.1) is 0 Å². The summed E-state index contributed by atoms with van der Waals surface area (Å²) in [5.41, 5.74) is 6.94. The van der Waals surface area contributed by atoms with Gasteiger partial charge in [0.05, 0.1) is 13.0 Å². The molecule has 1 heterocycles. The third-order valence-electron chi connectivity index (χ3n) is 2.81. The summed E-state index contributed by atoms with van der Waals surface area (Å²) >= 11 is 0. The number of benzene rings is 1. The van der Waals surface area contributed by atoms with Gasteiger partial charge in [0.15, 0.2) is 0 Å². The first-order chi connectivity index (χ1) is 8.26. The number of rotatable bonds is 4. The maximum Gasteiger partial charge on any atom is 0.138 e. The van der Waals surface area contributed by atoms with E-state index < -0.39 is 0 Å². The minimum Gasteiger partial charge on any atom is -0.497 e. The normalized spacial score (nSPS) is 12.4. The Hall–Kier alpha value is -1.88. The molecule has 2 rings (SSSR count). The highest BCUT2D eigenvalue weighted by molar-refractivity contribution is 5.32. The van der Waals surface area contributed by atoms with E-state index >= 15 is 0 Å². The molecule has 1 aromatic carbocycles. The molecule has 1 unspecified atom stereocenters. The Bertz CT molecular complexity index is 478. The quantitative estimate of drug-likeness (QED) is 0.851. The predicted molar refractivity (Wildman–Crippen MR) is 64.9 cm³/mol. The smallest absolute Gasteiger partial charge is 0.138 e. The summed E-state index contributed by atoms with van der Waals surface area (Å²) in [5, 5.41) is 4.07. The number of methoxy groups -OCH3 is 1. The molecule has 0 radical (unpaired) electrons. The highest BCUT2D eigenvalue weighted by Crippen LogP contribution is 2.23. The van der Waals surface area contributed by atoms with Crippen LogP contribution in [0.1, 0.15) is 17.3 Å². The van der Waals surface area contributed by atoms with Crippen LogP contribution in [0.2, 0.25) is 0 Å². The molecule has 0 amide bonds. The van der Waals surface area contributed by atoms with E-state index in [1.807, 2.05) is 31.3 Å². The molecule has 1 atom stereocenters. The first-order valence-electron chi connectivity index (χ1n) is 5.44. The Morgan fingerprint density at radius 2 is 2.06 bits per heavy atom. The zero-order valence-electron chi connectivity index (χ0n) is 10.00. The van der Waals surface area contributed by atoms with E-state index in [1.54, 1.807) is 18.1 Å². The Morgan fingerprint density at radius 1 is 1.35 bits per heavy atom. The largest absolute Gasteiger partial charge is 0.497 e. The first-order valence-corrected chi connectivity index (χ1v) is 5.44. The second-order valence-electron chi connectivity index (χ2n) is 3.80. The average molecular weight is 232 g/mol. The molecule has 0 aliphatic carbocycles. The molecule has 17 heavy (non-hydrogen) atoms. The van der Waals surface area contributed by atoms with Gasteiger partial charge in [-0.1, -0.05) is 12.1 Å². The molecule has 1 aromatic heterocycles. The molecule has 2 N–H and O–H groups in total. The van der Waals surface area contributed by atoms with E-state index in [0.717, 1.165) is 17.1 Å². The number of aryl methyl sites for hydroxylation is 1. The second kappa shape index (κ2) is 4.97. The van der Waals surface area contributed by atoms with E-state index in [2.05, 4.69) is 10.1 Å². The van der Waals surface area contributed by atoms with E-state index in [9.17, 15) is 0 Å². The molecule has 5 nitrogen and oxygen atoms in total. The highest BCUT2D eigenvalue weighted by Gasteiger charge is 2.17. The minimum atomic E-state index is 0.0633. The molecule has 0 aliphatic rings. The van der Waals surface area contributed by atoms with Gasteiger partial charge in [0, 0.05) is 13.6 Å². The van der Waals surface area contributed by atoms with Crippen molar-refractivity contribution in [2.45, 2.75) is 5.92 Å². The van der Waals surface area contributed by atoms with Gasteiger partial charge in [0.25, 0.3) is 0 Å². The molecule has 0 saturated heterocycles. The molecule has 0 bridgehead atoms. The van der Waals surface area contributed by atoms with Crippen molar-refractivity contribution >= 4 is 0 Å². The summed E-state index contributed by atoms with van der Waals surface area (Å²) in [5.74, 6) is 1.77. The molecule has 0 saturated carbocycles. The highest BCUT2D eigenvalue weighted by atomic mass is 16.5. The number of hydrogen-bond acceptors (Lipinski definition) is 4. The molecule has 0 spiro atoms. The van der Waals surface area contributed by atoms with Crippen LogP contribution in [0.15, 0.2) is 30.6 Å². The Balaban J connectivity index is 2.32. The van der Waals surface area contributed by atoms with Crippen LogP contribution in [0.3, 0.4) is 0 Å². The average Bonchev–Trinajstić information content (AvgIpc) is 2.78. The number of nitrogens with two attached hydrogens (primary N) is 1. The number of hydrogen-bond donors (Lipinski definition) is 1. The first kappa shape index (κ1) is 11.6. The zero-order chi connectivity index (χ0) is 12.3. The van der Waals surface area contributed by atoms with Crippen LogP contribution in [-0.2, 0) is 7.05 Å². The lowest BCUT2D eigenvalue weighted by molar-refractivity contribution is 0.414. The van der Waals surface area contributed by atoms with Crippen molar-refractivity contribution in [3.8, 4) is 5.75 Å². The predicted octanol–water partition coefficient (Wildman–Crippen LogP) is 0.914. The van der Waals surface area contributed by atoms with Gasteiger partial charge in [-0.25, -0.2) is 4.98 Å². The molecule has 2 aromatic rings. The van der Waals surface area contributed by atoms with Gasteiger partial charge in [0.2, 0.25) is 0 Å². The number of nitrogens with zero attached hydrogens (tertiary/aromatic N) is 3. The van der Waals surface area contributed by atoms with Gasteiger partial charge in [-0.2, -0.15) is 5.10 Å². The number of ether oxygens (including phenoxy) is 1. The van der Waals surface area contributed by atoms with Crippen LogP contribution in [0.25, 0.3) is 0 Å². The molecular weight excluding hydrogens is 216 g/mol. The fourth-order valence-corrected chi connectivity index (χ4v) is 1.85. The maximum absolute atomic E-state index is 5.82. The Labute approximate surface area is 100 Å². The fourth-order valence-electron chi connectivity index (χ4n) is 1.85. The van der Waals surface area contributed by atoms with Gasteiger partial charge >= 0.3 is 0 Å². The van der Waals surface area contributed by atoms with Crippen LogP contribution < -0.4 is 10.5 Å². The van der Waals surface area contributed by atoms with Gasteiger partial charge in [0.1, 0.15) is 17.9 Å². The van der Waals surface area contributed by atoms with Crippen LogP contribution >= 0.6 is 0 Å². The topological polar surface area (TPSA) is 66.0 Å². The van der Waals surface area contributed by atoms with Crippen molar-refractivity contribution in [2.75, 3.05) is 13.7 Å². The fraction of sp³-hybridized carbons (Fsp3) is 0.333. The molecule has 0 fully saturated rings.